The summed E-state index contributed by atoms with van der Waals surface area (Å²) in [5, 5.41) is 9.82. The number of aryl methyl sites for hydroxylation is 1. The molecule has 2 fully saturated rings. The monoisotopic (exact) mass is 372 g/mol. The van der Waals surface area contributed by atoms with Crippen LogP contribution in [0.25, 0.3) is 11.5 Å². The molecule has 0 amide bonds. The Bertz CT molecular complexity index is 849. The average molecular weight is 372 g/mol. The molecule has 2 atom stereocenters. The van der Waals surface area contributed by atoms with Crippen molar-refractivity contribution in [1.82, 2.24) is 9.88 Å². The highest BCUT2D eigenvalue weighted by Gasteiger charge is 2.53. The van der Waals surface area contributed by atoms with E-state index in [-0.39, 0.29) is 5.92 Å². The molecular weight excluding hydrogens is 348 g/mol. The zero-order chi connectivity index (χ0) is 19.0. The molecular formula is C20H24N2O5. The van der Waals surface area contributed by atoms with Crippen molar-refractivity contribution < 1.29 is 23.8 Å². The molecule has 144 valence electrons. The third-order valence-electron chi connectivity index (χ3n) is 5.81. The number of oxazole rings is 1. The number of fused-ring (bicyclic) bond motifs is 1. The van der Waals surface area contributed by atoms with Crippen molar-refractivity contribution in [2.45, 2.75) is 19.9 Å². The van der Waals surface area contributed by atoms with Gasteiger partial charge in [-0.2, -0.15) is 0 Å². The number of carbonyl (C=O) groups is 1. The standard InChI is InChI=1S/C20H24N2O5/c1-13-16(21-18(27-13)15-5-3-4-6-17(15)25-2)10-22-9-14-11-26-8-7-20(14,12-22)19(23)24/h3-6,14H,7-12H2,1-2H3,(H,23,24)/t14-,20+/m1/s1. The summed E-state index contributed by atoms with van der Waals surface area (Å²) < 4.78 is 16.8. The van der Waals surface area contributed by atoms with Gasteiger partial charge >= 0.3 is 5.97 Å². The Labute approximate surface area is 157 Å². The summed E-state index contributed by atoms with van der Waals surface area (Å²) in [5.74, 6) is 1.27. The van der Waals surface area contributed by atoms with Gasteiger partial charge in [0.15, 0.2) is 0 Å². The predicted octanol–water partition coefficient (Wildman–Crippen LogP) is 2.58. The molecule has 4 rings (SSSR count). The van der Waals surface area contributed by atoms with E-state index in [1.54, 1.807) is 7.11 Å². The number of hydrogen-bond donors (Lipinski definition) is 1. The lowest BCUT2D eigenvalue weighted by Crippen LogP contribution is -2.44. The van der Waals surface area contributed by atoms with Crippen molar-refractivity contribution in [2.75, 3.05) is 33.4 Å². The van der Waals surface area contributed by atoms with E-state index in [0.29, 0.717) is 50.9 Å². The van der Waals surface area contributed by atoms with E-state index in [0.717, 1.165) is 17.0 Å². The van der Waals surface area contributed by atoms with Gasteiger partial charge < -0.3 is 19.0 Å². The molecule has 2 aliphatic rings. The zero-order valence-corrected chi connectivity index (χ0v) is 15.6. The first-order valence-electron chi connectivity index (χ1n) is 9.16. The SMILES string of the molecule is COc1ccccc1-c1nc(CN2C[C@@H]3COCC[C@]3(C(=O)O)C2)c(C)o1. The zero-order valence-electron chi connectivity index (χ0n) is 15.6. The minimum Gasteiger partial charge on any atom is -0.496 e. The highest BCUT2D eigenvalue weighted by atomic mass is 16.5. The number of hydrogen-bond acceptors (Lipinski definition) is 6. The summed E-state index contributed by atoms with van der Waals surface area (Å²) in [5.41, 5.74) is 0.928. The molecule has 7 heteroatoms. The Hall–Kier alpha value is -2.38. The topological polar surface area (TPSA) is 85.0 Å². The van der Waals surface area contributed by atoms with E-state index >= 15 is 0 Å². The fraction of sp³-hybridized carbons (Fsp3) is 0.500. The number of nitrogens with zero attached hydrogens (tertiary/aromatic N) is 2. The van der Waals surface area contributed by atoms with Crippen LogP contribution in [0.3, 0.4) is 0 Å². The number of likely N-dealkylation sites (tertiary alicyclic amines) is 1. The van der Waals surface area contributed by atoms with Gasteiger partial charge in [0.25, 0.3) is 0 Å². The highest BCUT2D eigenvalue weighted by molar-refractivity contribution is 5.76. The molecule has 1 aromatic heterocycles. The second kappa shape index (κ2) is 6.98. The Morgan fingerprint density at radius 2 is 2.26 bits per heavy atom. The number of carboxylic acid groups (broad SMARTS) is 1. The Morgan fingerprint density at radius 3 is 3.00 bits per heavy atom. The third kappa shape index (κ3) is 3.11. The molecule has 2 saturated heterocycles. The van der Waals surface area contributed by atoms with E-state index in [1.807, 2.05) is 31.2 Å². The van der Waals surface area contributed by atoms with Crippen molar-refractivity contribution in [1.29, 1.82) is 0 Å². The van der Waals surface area contributed by atoms with Gasteiger partial charge in [-0.3, -0.25) is 9.69 Å². The first-order chi connectivity index (χ1) is 13.0. The lowest BCUT2D eigenvalue weighted by molar-refractivity contribution is -0.157. The van der Waals surface area contributed by atoms with Crippen LogP contribution in [0.4, 0.5) is 0 Å². The number of aliphatic carboxylic acids is 1. The molecule has 0 bridgehead atoms. The number of carboxylic acids is 1. The lowest BCUT2D eigenvalue weighted by atomic mass is 9.74. The first kappa shape index (κ1) is 18.0. The van der Waals surface area contributed by atoms with Crippen LogP contribution in [0.1, 0.15) is 17.9 Å². The smallest absolute Gasteiger partial charge is 0.311 e. The maximum atomic E-state index is 12.0. The van der Waals surface area contributed by atoms with Crippen LogP contribution >= 0.6 is 0 Å². The van der Waals surface area contributed by atoms with Gasteiger partial charge in [-0.15, -0.1) is 0 Å². The Kier molecular flexibility index (Phi) is 4.65. The number of benzene rings is 1. The fourth-order valence-electron chi connectivity index (χ4n) is 4.25. The van der Waals surface area contributed by atoms with Crippen LogP contribution in [0.15, 0.2) is 28.7 Å². The number of aromatic nitrogens is 1. The van der Waals surface area contributed by atoms with Crippen LogP contribution in [-0.4, -0.2) is 54.4 Å². The molecule has 7 nitrogen and oxygen atoms in total. The van der Waals surface area contributed by atoms with E-state index in [2.05, 4.69) is 9.88 Å². The molecule has 1 N–H and O–H groups in total. The number of rotatable bonds is 5. The summed E-state index contributed by atoms with van der Waals surface area (Å²) in [6.07, 6.45) is 0.563. The normalized spacial score (nSPS) is 25.3. The fourth-order valence-corrected chi connectivity index (χ4v) is 4.25. The summed E-state index contributed by atoms with van der Waals surface area (Å²) in [7, 11) is 1.62. The molecule has 1 aromatic carbocycles. The molecule has 0 unspecified atom stereocenters. The molecule has 2 aliphatic heterocycles. The molecule has 3 heterocycles. The van der Waals surface area contributed by atoms with Crippen molar-refractivity contribution in [3.05, 3.63) is 35.7 Å². The maximum absolute atomic E-state index is 12.0. The van der Waals surface area contributed by atoms with Gasteiger partial charge in [0.05, 0.1) is 30.4 Å². The van der Waals surface area contributed by atoms with E-state index < -0.39 is 11.4 Å². The van der Waals surface area contributed by atoms with Crippen molar-refractivity contribution >= 4 is 5.97 Å². The Morgan fingerprint density at radius 1 is 1.44 bits per heavy atom. The lowest BCUT2D eigenvalue weighted by Gasteiger charge is -2.34. The molecule has 0 radical (unpaired) electrons. The van der Waals surface area contributed by atoms with Crippen LogP contribution in [0.2, 0.25) is 0 Å². The minimum absolute atomic E-state index is 0.0182. The third-order valence-corrected chi connectivity index (χ3v) is 5.81. The predicted molar refractivity (Wildman–Crippen MR) is 97.5 cm³/mol. The minimum atomic E-state index is -0.718. The quantitative estimate of drug-likeness (QED) is 0.863. The van der Waals surface area contributed by atoms with Crippen LogP contribution in [0.5, 0.6) is 5.75 Å². The molecule has 0 spiro atoms. The van der Waals surface area contributed by atoms with Crippen LogP contribution in [0, 0.1) is 18.3 Å². The van der Waals surface area contributed by atoms with Gasteiger partial charge in [-0.1, -0.05) is 12.1 Å². The average Bonchev–Trinajstić information content (AvgIpc) is 3.23. The van der Waals surface area contributed by atoms with Crippen LogP contribution in [-0.2, 0) is 16.1 Å². The number of ether oxygens (including phenoxy) is 2. The van der Waals surface area contributed by atoms with E-state index in [1.165, 1.54) is 0 Å². The first-order valence-corrected chi connectivity index (χ1v) is 9.16. The summed E-state index contributed by atoms with van der Waals surface area (Å²) >= 11 is 0. The van der Waals surface area contributed by atoms with Gasteiger partial charge in [0.2, 0.25) is 5.89 Å². The van der Waals surface area contributed by atoms with Crippen molar-refractivity contribution in [3.8, 4) is 17.2 Å². The summed E-state index contributed by atoms with van der Waals surface area (Å²) in [6, 6.07) is 7.60. The second-order valence-electron chi connectivity index (χ2n) is 7.37. The maximum Gasteiger partial charge on any atom is 0.311 e. The summed E-state index contributed by atoms with van der Waals surface area (Å²) in [6.45, 7) is 4.69. The van der Waals surface area contributed by atoms with Gasteiger partial charge in [-0.25, -0.2) is 4.98 Å². The van der Waals surface area contributed by atoms with Gasteiger partial charge in [-0.05, 0) is 25.5 Å². The number of methoxy groups -OCH3 is 1. The van der Waals surface area contributed by atoms with Gasteiger partial charge in [0.1, 0.15) is 11.5 Å². The largest absolute Gasteiger partial charge is 0.496 e. The second-order valence-corrected chi connectivity index (χ2v) is 7.37. The molecule has 27 heavy (non-hydrogen) atoms. The van der Waals surface area contributed by atoms with Gasteiger partial charge in [0, 0.05) is 32.2 Å². The van der Waals surface area contributed by atoms with Crippen molar-refractivity contribution in [3.63, 3.8) is 0 Å². The Balaban J connectivity index is 1.56. The highest BCUT2D eigenvalue weighted by Crippen LogP contribution is 2.43. The summed E-state index contributed by atoms with van der Waals surface area (Å²) in [4.78, 5) is 18.8. The molecule has 0 aliphatic carbocycles. The van der Waals surface area contributed by atoms with E-state index in [4.69, 9.17) is 13.9 Å². The molecule has 0 saturated carbocycles. The number of para-hydroxylation sites is 1. The van der Waals surface area contributed by atoms with Crippen molar-refractivity contribution in [2.24, 2.45) is 11.3 Å². The van der Waals surface area contributed by atoms with Crippen LogP contribution < -0.4 is 4.74 Å². The van der Waals surface area contributed by atoms with E-state index in [9.17, 15) is 9.90 Å². The molecule has 2 aromatic rings.